The number of carbonyl (C=O) groups excluding carboxylic acids is 1. The molecule has 2 N–H and O–H groups in total. The molecule has 1 amide bonds. The summed E-state index contributed by atoms with van der Waals surface area (Å²) in [5, 5.41) is 3.21. The number of hydrogen-bond donors (Lipinski definition) is 2. The zero-order chi connectivity index (χ0) is 17.1. The third kappa shape index (κ3) is 3.56. The summed E-state index contributed by atoms with van der Waals surface area (Å²) in [5.74, 6) is -0.196. The lowest BCUT2D eigenvalue weighted by atomic mass is 10.2. The molecule has 0 aliphatic rings. The van der Waals surface area contributed by atoms with Crippen molar-refractivity contribution in [2.24, 2.45) is 0 Å². The van der Waals surface area contributed by atoms with Crippen LogP contribution in [0.15, 0.2) is 58.1 Å². The number of nitrogens with one attached hydrogen (secondary N) is 2. The van der Waals surface area contributed by atoms with Crippen LogP contribution in [0.2, 0.25) is 0 Å². The van der Waals surface area contributed by atoms with Crippen LogP contribution in [0, 0.1) is 3.57 Å². The molecule has 0 saturated carbocycles. The Balaban J connectivity index is 1.78. The van der Waals surface area contributed by atoms with Crippen LogP contribution in [0.25, 0.3) is 10.9 Å². The molecule has 0 aliphatic heterocycles. The molecule has 0 saturated heterocycles. The summed E-state index contributed by atoms with van der Waals surface area (Å²) in [6.45, 7) is 0.187. The predicted octanol–water partition coefficient (Wildman–Crippen LogP) is 2.32. The number of rotatable bonds is 4. The van der Waals surface area contributed by atoms with E-state index in [0.29, 0.717) is 16.6 Å². The van der Waals surface area contributed by atoms with E-state index in [0.717, 1.165) is 3.57 Å². The van der Waals surface area contributed by atoms with Crippen molar-refractivity contribution < 1.29 is 4.79 Å². The lowest BCUT2D eigenvalue weighted by Gasteiger charge is -2.10. The largest absolute Gasteiger partial charge is 0.328 e. The van der Waals surface area contributed by atoms with E-state index < -0.39 is 11.2 Å². The molecule has 0 spiro atoms. The quantitative estimate of drug-likeness (QED) is 0.618. The van der Waals surface area contributed by atoms with E-state index in [-0.39, 0.29) is 18.9 Å². The van der Waals surface area contributed by atoms with Crippen molar-refractivity contribution in [1.29, 1.82) is 0 Å². The van der Waals surface area contributed by atoms with Gasteiger partial charge in [-0.3, -0.25) is 19.1 Å². The molecule has 6 nitrogen and oxygen atoms in total. The van der Waals surface area contributed by atoms with Gasteiger partial charge in [0.25, 0.3) is 5.56 Å². The van der Waals surface area contributed by atoms with Crippen molar-refractivity contribution in [3.8, 4) is 0 Å². The third-order valence-corrected chi connectivity index (χ3v) is 4.31. The average molecular weight is 435 g/mol. The topological polar surface area (TPSA) is 84.0 Å². The Labute approximate surface area is 150 Å². The summed E-state index contributed by atoms with van der Waals surface area (Å²) >= 11 is 2.19. The second-order valence-corrected chi connectivity index (χ2v) is 6.48. The van der Waals surface area contributed by atoms with Gasteiger partial charge in [-0.15, -0.1) is 0 Å². The first-order valence-corrected chi connectivity index (χ1v) is 8.40. The Bertz CT molecular complexity index is 1010. The summed E-state index contributed by atoms with van der Waals surface area (Å²) < 4.78 is 2.49. The maximum atomic E-state index is 12.1. The van der Waals surface area contributed by atoms with Crippen molar-refractivity contribution in [1.82, 2.24) is 9.55 Å². The molecule has 3 rings (SSSR count). The van der Waals surface area contributed by atoms with E-state index in [9.17, 15) is 14.4 Å². The highest BCUT2D eigenvalue weighted by Gasteiger charge is 2.09. The van der Waals surface area contributed by atoms with Crippen molar-refractivity contribution in [3.63, 3.8) is 0 Å². The van der Waals surface area contributed by atoms with Crippen LogP contribution >= 0.6 is 22.6 Å². The standard InChI is InChI=1S/C17H14IN3O3/c18-11-5-7-12(8-6-11)19-15(22)9-10-21-14-4-2-1-3-13(14)16(23)20-17(21)24/h1-8H,9-10H2,(H,19,22)(H,20,23,24). The molecule has 122 valence electrons. The molecule has 7 heteroatoms. The molecule has 1 heterocycles. The Kier molecular flexibility index (Phi) is 4.79. The second kappa shape index (κ2) is 7.00. The Morgan fingerprint density at radius 3 is 2.54 bits per heavy atom. The monoisotopic (exact) mass is 435 g/mol. The van der Waals surface area contributed by atoms with E-state index in [4.69, 9.17) is 0 Å². The van der Waals surface area contributed by atoms with Gasteiger partial charge < -0.3 is 5.32 Å². The normalized spacial score (nSPS) is 10.7. The van der Waals surface area contributed by atoms with Gasteiger partial charge in [0.2, 0.25) is 5.91 Å². The van der Waals surface area contributed by atoms with Crippen molar-refractivity contribution in [3.05, 3.63) is 72.9 Å². The number of halogens is 1. The highest BCUT2D eigenvalue weighted by molar-refractivity contribution is 14.1. The maximum Gasteiger partial charge on any atom is 0.328 e. The molecule has 0 aliphatic carbocycles. The molecular formula is C17H14IN3O3. The number of aromatic amines is 1. The molecule has 0 radical (unpaired) electrons. The molecule has 2 aromatic carbocycles. The van der Waals surface area contributed by atoms with Gasteiger partial charge in [0.15, 0.2) is 0 Å². The van der Waals surface area contributed by atoms with Crippen LogP contribution in [0.5, 0.6) is 0 Å². The summed E-state index contributed by atoms with van der Waals surface area (Å²) in [6.07, 6.45) is 0.127. The van der Waals surface area contributed by atoms with Gasteiger partial charge in [-0.05, 0) is 59.0 Å². The molecule has 0 fully saturated rings. The van der Waals surface area contributed by atoms with Crippen LogP contribution in [-0.2, 0) is 11.3 Å². The zero-order valence-corrected chi connectivity index (χ0v) is 14.7. The smallest absolute Gasteiger partial charge is 0.326 e. The number of nitrogens with zero attached hydrogens (tertiary/aromatic N) is 1. The summed E-state index contributed by atoms with van der Waals surface area (Å²) in [4.78, 5) is 38.2. The highest BCUT2D eigenvalue weighted by Crippen LogP contribution is 2.12. The van der Waals surface area contributed by atoms with Crippen LogP contribution < -0.4 is 16.6 Å². The average Bonchev–Trinajstić information content (AvgIpc) is 2.57. The van der Waals surface area contributed by atoms with Gasteiger partial charge in [-0.25, -0.2) is 4.79 Å². The molecule has 24 heavy (non-hydrogen) atoms. The van der Waals surface area contributed by atoms with E-state index in [1.54, 1.807) is 24.3 Å². The fourth-order valence-corrected chi connectivity index (χ4v) is 2.79. The van der Waals surface area contributed by atoms with E-state index in [2.05, 4.69) is 32.9 Å². The van der Waals surface area contributed by atoms with Crippen LogP contribution in [0.1, 0.15) is 6.42 Å². The fraction of sp³-hybridized carbons (Fsp3) is 0.118. The van der Waals surface area contributed by atoms with Crippen molar-refractivity contribution in [2.75, 3.05) is 5.32 Å². The minimum atomic E-state index is -0.513. The number of anilines is 1. The Morgan fingerprint density at radius 2 is 1.79 bits per heavy atom. The van der Waals surface area contributed by atoms with Gasteiger partial charge in [-0.1, -0.05) is 12.1 Å². The number of carbonyl (C=O) groups is 1. The number of fused-ring (bicyclic) bond motifs is 1. The summed E-state index contributed by atoms with van der Waals surface area (Å²) in [6, 6.07) is 14.3. The molecular weight excluding hydrogens is 421 g/mol. The first-order valence-electron chi connectivity index (χ1n) is 7.32. The Morgan fingerprint density at radius 1 is 1.08 bits per heavy atom. The number of aromatic nitrogens is 2. The van der Waals surface area contributed by atoms with Crippen LogP contribution in [0.3, 0.4) is 0 Å². The van der Waals surface area contributed by atoms with E-state index >= 15 is 0 Å². The maximum absolute atomic E-state index is 12.1. The number of H-pyrrole nitrogens is 1. The Hall–Kier alpha value is -2.42. The minimum absolute atomic E-state index is 0.127. The van der Waals surface area contributed by atoms with E-state index in [1.807, 2.05) is 24.3 Å². The van der Waals surface area contributed by atoms with Crippen LogP contribution in [0.4, 0.5) is 5.69 Å². The number of amides is 1. The molecule has 3 aromatic rings. The summed E-state index contributed by atoms with van der Waals surface area (Å²) in [5.41, 5.74) is 0.295. The predicted molar refractivity (Wildman–Crippen MR) is 101 cm³/mol. The van der Waals surface area contributed by atoms with Gasteiger partial charge in [0.1, 0.15) is 0 Å². The highest BCUT2D eigenvalue weighted by atomic mass is 127. The fourth-order valence-electron chi connectivity index (χ4n) is 2.43. The van der Waals surface area contributed by atoms with Crippen molar-refractivity contribution in [2.45, 2.75) is 13.0 Å². The van der Waals surface area contributed by atoms with Gasteiger partial charge in [0.05, 0.1) is 10.9 Å². The minimum Gasteiger partial charge on any atom is -0.326 e. The lowest BCUT2D eigenvalue weighted by molar-refractivity contribution is -0.116. The first kappa shape index (κ1) is 16.4. The number of para-hydroxylation sites is 1. The molecule has 0 bridgehead atoms. The molecule has 0 unspecified atom stereocenters. The van der Waals surface area contributed by atoms with Gasteiger partial charge >= 0.3 is 5.69 Å². The lowest BCUT2D eigenvalue weighted by Crippen LogP contribution is -2.31. The van der Waals surface area contributed by atoms with Crippen LogP contribution in [-0.4, -0.2) is 15.5 Å². The first-order chi connectivity index (χ1) is 11.5. The van der Waals surface area contributed by atoms with Gasteiger partial charge in [0, 0.05) is 22.2 Å². The number of benzene rings is 2. The second-order valence-electron chi connectivity index (χ2n) is 5.23. The zero-order valence-electron chi connectivity index (χ0n) is 12.6. The number of hydrogen-bond acceptors (Lipinski definition) is 3. The molecule has 0 atom stereocenters. The number of aryl methyl sites for hydroxylation is 1. The van der Waals surface area contributed by atoms with Crippen molar-refractivity contribution >= 4 is 45.1 Å². The van der Waals surface area contributed by atoms with Gasteiger partial charge in [-0.2, -0.15) is 0 Å². The summed E-state index contributed by atoms with van der Waals surface area (Å²) in [7, 11) is 0. The third-order valence-electron chi connectivity index (χ3n) is 3.60. The SMILES string of the molecule is O=C(CCn1c(=O)[nH]c(=O)c2ccccc21)Nc1ccc(I)cc1. The molecule has 1 aromatic heterocycles. The van der Waals surface area contributed by atoms with E-state index in [1.165, 1.54) is 4.57 Å².